The fourth-order valence-electron chi connectivity index (χ4n) is 6.16. The first-order valence-corrected chi connectivity index (χ1v) is 9.99. The molecule has 1 heterocycles. The van der Waals surface area contributed by atoms with Gasteiger partial charge in [0.25, 0.3) is 5.79 Å². The number of benzene rings is 1. The number of phenolic OH excluding ortho intramolecular Hbond substituents is 1. The van der Waals surface area contributed by atoms with E-state index < -0.39 is 16.2 Å². The number of hydrogen-bond donors (Lipinski definition) is 1. The maximum Gasteiger partial charge on any atom is 0.261 e. The van der Waals surface area contributed by atoms with E-state index >= 15 is 0 Å². The van der Waals surface area contributed by atoms with Crippen molar-refractivity contribution >= 4 is 23.2 Å². The molecule has 6 rings (SSSR count). The largest absolute Gasteiger partial charge is 0.508 e. The Morgan fingerprint density at radius 3 is 2.28 bits per heavy atom. The van der Waals surface area contributed by atoms with Crippen LogP contribution in [0.4, 0.5) is 0 Å². The van der Waals surface area contributed by atoms with E-state index in [4.69, 9.17) is 37.7 Å². The van der Waals surface area contributed by atoms with Gasteiger partial charge in [-0.05, 0) is 67.9 Å². The van der Waals surface area contributed by atoms with Gasteiger partial charge in [0.2, 0.25) is 0 Å². The monoisotopic (exact) mass is 384 g/mol. The lowest BCUT2D eigenvalue weighted by molar-refractivity contribution is -0.648. The molecule has 4 saturated carbocycles. The Hall–Kier alpha value is -0.520. The molecule has 25 heavy (non-hydrogen) atoms. The second-order valence-corrected chi connectivity index (χ2v) is 9.41. The molecule has 0 aromatic heterocycles. The minimum Gasteiger partial charge on any atom is -0.508 e. The molecule has 4 bridgehead atoms. The Morgan fingerprint density at radius 2 is 1.76 bits per heavy atom. The summed E-state index contributed by atoms with van der Waals surface area (Å²) >= 11 is 11.9. The summed E-state index contributed by atoms with van der Waals surface area (Å²) in [6.45, 7) is 0.149. The number of ether oxygens (including phenoxy) is 1. The Bertz CT molecular complexity index is 651. The molecule has 1 unspecified atom stereocenters. The molecule has 1 aromatic carbocycles. The van der Waals surface area contributed by atoms with Gasteiger partial charge < -0.3 is 9.84 Å². The van der Waals surface area contributed by atoms with Crippen LogP contribution in [0.2, 0.25) is 0 Å². The van der Waals surface area contributed by atoms with Gasteiger partial charge in [0, 0.05) is 5.56 Å². The lowest BCUT2D eigenvalue weighted by Gasteiger charge is -2.69. The SMILES string of the molecule is Oc1cccc(C2(OCC(Cl)Cl)OOC23C2CC4CC(C2)CC3C4)c1. The zero-order valence-corrected chi connectivity index (χ0v) is 15.4. The number of aromatic hydroxyl groups is 1. The number of phenols is 1. The van der Waals surface area contributed by atoms with Crippen LogP contribution in [0.15, 0.2) is 24.3 Å². The quantitative estimate of drug-likeness (QED) is 0.612. The van der Waals surface area contributed by atoms with Crippen LogP contribution in [0.1, 0.15) is 37.7 Å². The van der Waals surface area contributed by atoms with Gasteiger partial charge in [0.15, 0.2) is 5.60 Å². The van der Waals surface area contributed by atoms with Crippen LogP contribution in [-0.4, -0.2) is 22.2 Å². The summed E-state index contributed by atoms with van der Waals surface area (Å²) in [6, 6.07) is 7.08. The predicted octanol–water partition coefficient (Wildman–Crippen LogP) is 4.52. The van der Waals surface area contributed by atoms with Crippen molar-refractivity contribution in [1.29, 1.82) is 0 Å². The van der Waals surface area contributed by atoms with Crippen LogP contribution in [0.5, 0.6) is 5.75 Å². The molecule has 1 N–H and O–H groups in total. The molecule has 1 atom stereocenters. The van der Waals surface area contributed by atoms with E-state index in [1.54, 1.807) is 18.2 Å². The molecule has 136 valence electrons. The zero-order valence-electron chi connectivity index (χ0n) is 13.9. The van der Waals surface area contributed by atoms with E-state index in [0.29, 0.717) is 11.8 Å². The van der Waals surface area contributed by atoms with Crippen molar-refractivity contribution in [3.63, 3.8) is 0 Å². The molecule has 1 aromatic rings. The van der Waals surface area contributed by atoms with Crippen molar-refractivity contribution in [3.8, 4) is 5.75 Å². The molecular formula is C19H22Cl2O4. The highest BCUT2D eigenvalue weighted by Gasteiger charge is 2.76. The Kier molecular flexibility index (Phi) is 3.82. The van der Waals surface area contributed by atoms with Crippen LogP contribution in [-0.2, 0) is 20.3 Å². The molecular weight excluding hydrogens is 363 g/mol. The van der Waals surface area contributed by atoms with Crippen LogP contribution in [0.25, 0.3) is 0 Å². The maximum atomic E-state index is 10.0. The predicted molar refractivity (Wildman–Crippen MR) is 93.2 cm³/mol. The fraction of sp³-hybridized carbons (Fsp3) is 0.684. The van der Waals surface area contributed by atoms with E-state index in [2.05, 4.69) is 0 Å². The Labute approximate surface area is 157 Å². The topological polar surface area (TPSA) is 47.9 Å². The fourth-order valence-corrected chi connectivity index (χ4v) is 6.28. The summed E-state index contributed by atoms with van der Waals surface area (Å²) in [5, 5.41) is 10.0. The third kappa shape index (κ3) is 2.24. The highest BCUT2D eigenvalue weighted by molar-refractivity contribution is 6.44. The Balaban J connectivity index is 1.59. The van der Waals surface area contributed by atoms with Crippen molar-refractivity contribution in [3.05, 3.63) is 29.8 Å². The van der Waals surface area contributed by atoms with E-state index in [0.717, 1.165) is 43.1 Å². The van der Waals surface area contributed by atoms with Gasteiger partial charge in [-0.2, -0.15) is 4.89 Å². The highest BCUT2D eigenvalue weighted by atomic mass is 35.5. The van der Waals surface area contributed by atoms with Gasteiger partial charge in [-0.25, -0.2) is 4.89 Å². The normalized spacial score (nSPS) is 44.4. The summed E-state index contributed by atoms with van der Waals surface area (Å²) in [7, 11) is 0. The zero-order chi connectivity index (χ0) is 17.2. The van der Waals surface area contributed by atoms with Crippen LogP contribution >= 0.6 is 23.2 Å². The second kappa shape index (κ2) is 5.74. The molecule has 4 aliphatic carbocycles. The molecule has 1 aliphatic heterocycles. The molecule has 0 radical (unpaired) electrons. The summed E-state index contributed by atoms with van der Waals surface area (Å²) in [6.07, 6.45) is 5.99. The summed E-state index contributed by atoms with van der Waals surface area (Å²) in [5.74, 6) is 1.55. The first kappa shape index (κ1) is 16.6. The van der Waals surface area contributed by atoms with Gasteiger partial charge in [0.05, 0.1) is 6.61 Å². The lowest BCUT2D eigenvalue weighted by Crippen LogP contribution is -2.76. The number of hydrogen-bond acceptors (Lipinski definition) is 4. The standard InChI is InChI=1S/C19H22Cl2O4/c20-17(21)10-23-19(13-2-1-3-16(22)9-13)18(24-25-19)14-5-11-4-12(7-14)8-15(18)6-11/h1-3,9,11-12,14-15,17,22H,4-8,10H2. The average molecular weight is 385 g/mol. The summed E-state index contributed by atoms with van der Waals surface area (Å²) in [4.78, 5) is 11.0. The van der Waals surface area contributed by atoms with Crippen molar-refractivity contribution < 1.29 is 19.6 Å². The van der Waals surface area contributed by atoms with Gasteiger partial charge in [-0.3, -0.25) is 0 Å². The van der Waals surface area contributed by atoms with Gasteiger partial charge >= 0.3 is 0 Å². The van der Waals surface area contributed by atoms with Gasteiger partial charge in [0.1, 0.15) is 10.6 Å². The molecule has 5 aliphatic rings. The van der Waals surface area contributed by atoms with E-state index in [1.165, 1.54) is 6.42 Å². The van der Waals surface area contributed by atoms with Crippen molar-refractivity contribution in [2.24, 2.45) is 23.7 Å². The third-order valence-corrected chi connectivity index (χ3v) is 7.05. The van der Waals surface area contributed by atoms with Crippen LogP contribution < -0.4 is 0 Å². The first-order chi connectivity index (χ1) is 12.0. The molecule has 1 spiro atoms. The van der Waals surface area contributed by atoms with E-state index in [-0.39, 0.29) is 12.4 Å². The minimum atomic E-state index is -1.05. The van der Waals surface area contributed by atoms with Gasteiger partial charge in [-0.1, -0.05) is 12.1 Å². The minimum absolute atomic E-state index is 0.149. The molecule has 6 heteroatoms. The van der Waals surface area contributed by atoms with E-state index in [1.807, 2.05) is 6.07 Å². The summed E-state index contributed by atoms with van der Waals surface area (Å²) in [5.41, 5.74) is 0.275. The van der Waals surface area contributed by atoms with Crippen LogP contribution in [0, 0.1) is 23.7 Å². The first-order valence-electron chi connectivity index (χ1n) is 9.12. The molecule has 1 saturated heterocycles. The molecule has 4 nitrogen and oxygen atoms in total. The van der Waals surface area contributed by atoms with Crippen molar-refractivity contribution in [2.45, 2.75) is 48.3 Å². The van der Waals surface area contributed by atoms with Gasteiger partial charge in [-0.15, -0.1) is 23.2 Å². The number of alkyl halides is 2. The maximum absolute atomic E-state index is 10.0. The van der Waals surface area contributed by atoms with E-state index in [9.17, 15) is 5.11 Å². The van der Waals surface area contributed by atoms with Crippen molar-refractivity contribution in [1.82, 2.24) is 0 Å². The smallest absolute Gasteiger partial charge is 0.261 e. The van der Waals surface area contributed by atoms with Crippen LogP contribution in [0.3, 0.4) is 0 Å². The Morgan fingerprint density at radius 1 is 1.08 bits per heavy atom. The van der Waals surface area contributed by atoms with Crippen molar-refractivity contribution in [2.75, 3.05) is 6.61 Å². The highest BCUT2D eigenvalue weighted by Crippen LogP contribution is 2.69. The second-order valence-electron chi connectivity index (χ2n) is 8.13. The number of rotatable bonds is 4. The third-order valence-electron chi connectivity index (χ3n) is 6.80. The molecule has 0 amide bonds. The molecule has 5 fully saturated rings. The number of halogens is 2. The summed E-state index contributed by atoms with van der Waals surface area (Å²) < 4.78 is 6.23. The average Bonchev–Trinajstić information content (AvgIpc) is 2.53. The lowest BCUT2D eigenvalue weighted by atomic mass is 9.47.